The van der Waals surface area contributed by atoms with Gasteiger partial charge in [0.15, 0.2) is 0 Å². The molecule has 4 heteroatoms. The van der Waals surface area contributed by atoms with E-state index in [2.05, 4.69) is 46.7 Å². The Balaban J connectivity index is 1.69. The molecule has 1 aromatic rings. The molecular formula is C17H25IN2O. The normalized spacial score (nSPS) is 23.0. The molecule has 2 unspecified atom stereocenters. The van der Waals surface area contributed by atoms with Crippen molar-refractivity contribution in [3.05, 3.63) is 33.4 Å². The number of carbonyl (C=O) groups excluding carboxylic acids is 1. The fourth-order valence-electron chi connectivity index (χ4n) is 3.21. The zero-order valence-electron chi connectivity index (χ0n) is 12.9. The van der Waals surface area contributed by atoms with Gasteiger partial charge in [-0.15, -0.1) is 0 Å². The van der Waals surface area contributed by atoms with Gasteiger partial charge in [-0.2, -0.15) is 0 Å². The molecule has 21 heavy (non-hydrogen) atoms. The van der Waals surface area contributed by atoms with Crippen molar-refractivity contribution in [1.82, 2.24) is 10.2 Å². The Labute approximate surface area is 141 Å². The minimum atomic E-state index is 0.0360. The standard InChI is InChI=1S/C17H25IN2O/c1-13-9-14(2)12-20(11-13)8-4-7-19-17(21)15-5-3-6-16(18)10-15/h3,5-6,10,13-14H,4,7-9,11-12H2,1-2H3,(H,19,21). The zero-order chi connectivity index (χ0) is 15.2. The van der Waals surface area contributed by atoms with Crippen LogP contribution >= 0.6 is 22.6 Å². The van der Waals surface area contributed by atoms with Gasteiger partial charge in [0, 0.05) is 28.8 Å². The lowest BCUT2D eigenvalue weighted by Crippen LogP contribution is -2.40. The van der Waals surface area contributed by atoms with Crippen LogP contribution in [0.3, 0.4) is 0 Å². The number of piperidine rings is 1. The first kappa shape index (κ1) is 16.7. The Bertz CT molecular complexity index is 468. The summed E-state index contributed by atoms with van der Waals surface area (Å²) in [7, 11) is 0. The predicted molar refractivity (Wildman–Crippen MR) is 95.5 cm³/mol. The van der Waals surface area contributed by atoms with Crippen LogP contribution in [-0.2, 0) is 0 Å². The van der Waals surface area contributed by atoms with Crippen LogP contribution in [0.1, 0.15) is 37.0 Å². The van der Waals surface area contributed by atoms with E-state index < -0.39 is 0 Å². The van der Waals surface area contributed by atoms with Gasteiger partial charge in [0.05, 0.1) is 0 Å². The fourth-order valence-corrected chi connectivity index (χ4v) is 3.75. The molecule has 2 atom stereocenters. The molecule has 0 bridgehead atoms. The predicted octanol–water partition coefficient (Wildman–Crippen LogP) is 3.39. The molecule has 1 saturated heterocycles. The van der Waals surface area contributed by atoms with Crippen molar-refractivity contribution in [2.75, 3.05) is 26.2 Å². The maximum absolute atomic E-state index is 12.0. The van der Waals surface area contributed by atoms with Gasteiger partial charge in [0.2, 0.25) is 0 Å². The van der Waals surface area contributed by atoms with Gasteiger partial charge in [-0.1, -0.05) is 19.9 Å². The molecule has 1 aliphatic heterocycles. The molecule has 1 amide bonds. The van der Waals surface area contributed by atoms with E-state index in [4.69, 9.17) is 0 Å². The zero-order valence-corrected chi connectivity index (χ0v) is 15.1. The molecule has 0 aliphatic carbocycles. The van der Waals surface area contributed by atoms with Gasteiger partial charge < -0.3 is 10.2 Å². The van der Waals surface area contributed by atoms with Crippen molar-refractivity contribution < 1.29 is 4.79 Å². The second-order valence-electron chi connectivity index (χ2n) is 6.33. The van der Waals surface area contributed by atoms with Crippen LogP contribution in [0.2, 0.25) is 0 Å². The van der Waals surface area contributed by atoms with E-state index in [1.807, 2.05) is 24.3 Å². The van der Waals surface area contributed by atoms with Gasteiger partial charge in [-0.05, 0) is 72.0 Å². The second kappa shape index (κ2) is 8.13. The van der Waals surface area contributed by atoms with Crippen LogP contribution in [-0.4, -0.2) is 37.0 Å². The summed E-state index contributed by atoms with van der Waals surface area (Å²) in [5, 5.41) is 3.02. The minimum Gasteiger partial charge on any atom is -0.352 e. The lowest BCUT2D eigenvalue weighted by molar-refractivity contribution is 0.0947. The Morgan fingerprint density at radius 3 is 2.71 bits per heavy atom. The van der Waals surface area contributed by atoms with Crippen LogP contribution in [0.25, 0.3) is 0 Å². The number of carbonyl (C=O) groups is 1. The molecule has 1 N–H and O–H groups in total. The van der Waals surface area contributed by atoms with Crippen molar-refractivity contribution in [3.8, 4) is 0 Å². The van der Waals surface area contributed by atoms with E-state index in [0.717, 1.165) is 40.5 Å². The van der Waals surface area contributed by atoms with Gasteiger partial charge in [-0.3, -0.25) is 4.79 Å². The minimum absolute atomic E-state index is 0.0360. The first-order valence-electron chi connectivity index (χ1n) is 7.80. The van der Waals surface area contributed by atoms with E-state index in [1.165, 1.54) is 19.5 Å². The molecule has 3 nitrogen and oxygen atoms in total. The van der Waals surface area contributed by atoms with Crippen molar-refractivity contribution in [2.45, 2.75) is 26.7 Å². The van der Waals surface area contributed by atoms with Crippen LogP contribution in [0.15, 0.2) is 24.3 Å². The largest absolute Gasteiger partial charge is 0.352 e. The molecule has 0 radical (unpaired) electrons. The molecule has 0 aromatic heterocycles. The maximum Gasteiger partial charge on any atom is 0.251 e. The first-order valence-corrected chi connectivity index (χ1v) is 8.88. The van der Waals surface area contributed by atoms with E-state index in [1.54, 1.807) is 0 Å². The van der Waals surface area contributed by atoms with Crippen LogP contribution in [0.5, 0.6) is 0 Å². The third-order valence-electron chi connectivity index (χ3n) is 3.97. The SMILES string of the molecule is CC1CC(C)CN(CCCNC(=O)c2cccc(I)c2)C1. The van der Waals surface area contributed by atoms with Crippen molar-refractivity contribution in [2.24, 2.45) is 11.8 Å². The lowest BCUT2D eigenvalue weighted by Gasteiger charge is -2.34. The highest BCUT2D eigenvalue weighted by Crippen LogP contribution is 2.20. The summed E-state index contributed by atoms with van der Waals surface area (Å²) in [5.74, 6) is 1.64. The van der Waals surface area contributed by atoms with E-state index in [0.29, 0.717) is 0 Å². The quantitative estimate of drug-likeness (QED) is 0.607. The first-order chi connectivity index (χ1) is 10.0. The smallest absolute Gasteiger partial charge is 0.251 e. The molecule has 2 rings (SSSR count). The lowest BCUT2D eigenvalue weighted by atomic mass is 9.92. The number of rotatable bonds is 5. The molecule has 1 aliphatic rings. The average Bonchev–Trinajstić information content (AvgIpc) is 2.42. The number of nitrogens with one attached hydrogen (secondary N) is 1. The Kier molecular flexibility index (Phi) is 6.48. The van der Waals surface area contributed by atoms with Crippen molar-refractivity contribution in [1.29, 1.82) is 0 Å². The third-order valence-corrected chi connectivity index (χ3v) is 4.64. The molecule has 0 saturated carbocycles. The Morgan fingerprint density at radius 1 is 1.33 bits per heavy atom. The van der Waals surface area contributed by atoms with Gasteiger partial charge in [0.25, 0.3) is 5.91 Å². The Morgan fingerprint density at radius 2 is 2.05 bits per heavy atom. The molecule has 1 heterocycles. The highest BCUT2D eigenvalue weighted by molar-refractivity contribution is 14.1. The summed E-state index contributed by atoms with van der Waals surface area (Å²) < 4.78 is 1.09. The number of hydrogen-bond donors (Lipinski definition) is 1. The summed E-state index contributed by atoms with van der Waals surface area (Å²) in [4.78, 5) is 14.6. The summed E-state index contributed by atoms with van der Waals surface area (Å²) >= 11 is 2.23. The highest BCUT2D eigenvalue weighted by atomic mass is 127. The fraction of sp³-hybridized carbons (Fsp3) is 0.588. The van der Waals surface area contributed by atoms with Gasteiger partial charge >= 0.3 is 0 Å². The number of halogens is 1. The Hall–Kier alpha value is -0.620. The molecule has 0 spiro atoms. The number of hydrogen-bond acceptors (Lipinski definition) is 2. The van der Waals surface area contributed by atoms with E-state index in [9.17, 15) is 4.79 Å². The summed E-state index contributed by atoms with van der Waals surface area (Å²) in [6.45, 7) is 8.91. The summed E-state index contributed by atoms with van der Waals surface area (Å²) in [6.07, 6.45) is 2.37. The monoisotopic (exact) mass is 400 g/mol. The van der Waals surface area contributed by atoms with E-state index >= 15 is 0 Å². The highest BCUT2D eigenvalue weighted by Gasteiger charge is 2.21. The number of amides is 1. The number of benzene rings is 1. The van der Waals surface area contributed by atoms with Crippen molar-refractivity contribution >= 4 is 28.5 Å². The molecular weight excluding hydrogens is 375 g/mol. The van der Waals surface area contributed by atoms with E-state index in [-0.39, 0.29) is 5.91 Å². The molecule has 1 aromatic carbocycles. The average molecular weight is 400 g/mol. The van der Waals surface area contributed by atoms with Crippen LogP contribution in [0, 0.1) is 15.4 Å². The summed E-state index contributed by atoms with van der Waals surface area (Å²) in [5.41, 5.74) is 0.752. The van der Waals surface area contributed by atoms with Gasteiger partial charge in [-0.25, -0.2) is 0 Å². The van der Waals surface area contributed by atoms with Crippen molar-refractivity contribution in [3.63, 3.8) is 0 Å². The maximum atomic E-state index is 12.0. The number of likely N-dealkylation sites (tertiary alicyclic amines) is 1. The molecule has 1 fully saturated rings. The van der Waals surface area contributed by atoms with Gasteiger partial charge in [0.1, 0.15) is 0 Å². The number of nitrogens with zero attached hydrogens (tertiary/aromatic N) is 1. The second-order valence-corrected chi connectivity index (χ2v) is 7.57. The van der Waals surface area contributed by atoms with Crippen LogP contribution in [0.4, 0.5) is 0 Å². The van der Waals surface area contributed by atoms with Crippen LogP contribution < -0.4 is 5.32 Å². The third kappa shape index (κ3) is 5.58. The topological polar surface area (TPSA) is 32.3 Å². The summed E-state index contributed by atoms with van der Waals surface area (Å²) in [6, 6.07) is 7.71. The molecule has 116 valence electrons.